The van der Waals surface area contributed by atoms with Gasteiger partial charge < -0.3 is 9.64 Å². The fourth-order valence-corrected chi connectivity index (χ4v) is 3.86. The first-order chi connectivity index (χ1) is 13.3. The second kappa shape index (κ2) is 7.78. The van der Waals surface area contributed by atoms with Gasteiger partial charge in [-0.15, -0.1) is 10.2 Å². The van der Waals surface area contributed by atoms with Gasteiger partial charge in [0.15, 0.2) is 5.65 Å². The van der Waals surface area contributed by atoms with Crippen molar-refractivity contribution in [3.8, 4) is 5.75 Å². The molecule has 6 heteroatoms. The Bertz CT molecular complexity index is 937. The van der Waals surface area contributed by atoms with Crippen LogP contribution in [0.1, 0.15) is 36.6 Å². The normalized spacial score (nSPS) is 17.2. The first-order valence-electron chi connectivity index (χ1n) is 9.45. The Hall–Kier alpha value is -2.89. The zero-order chi connectivity index (χ0) is 18.6. The first kappa shape index (κ1) is 17.5. The first-order valence-corrected chi connectivity index (χ1v) is 9.45. The minimum absolute atomic E-state index is 0.194. The highest BCUT2D eigenvalue weighted by Crippen LogP contribution is 2.27. The number of aromatic nitrogens is 3. The predicted octanol–water partition coefficient (Wildman–Crippen LogP) is 3.08. The second-order valence-electron chi connectivity index (χ2n) is 6.98. The molecule has 0 spiro atoms. The summed E-state index contributed by atoms with van der Waals surface area (Å²) >= 11 is 0. The number of hydrogen-bond acceptors (Lipinski definition) is 4. The molecule has 2 aromatic heterocycles. The molecule has 1 aliphatic rings. The number of rotatable bonds is 5. The summed E-state index contributed by atoms with van der Waals surface area (Å²) in [5.41, 5.74) is 1.93. The lowest BCUT2D eigenvalue weighted by molar-refractivity contribution is -0.132. The van der Waals surface area contributed by atoms with Crippen LogP contribution in [0.15, 0.2) is 48.7 Å². The van der Waals surface area contributed by atoms with E-state index in [1.807, 2.05) is 58.0 Å². The SMILES string of the molecule is COc1ccccc1CCC(=O)N1CCCC(c2nnc3ccccn23)C1. The molecule has 0 radical (unpaired) electrons. The van der Waals surface area contributed by atoms with Crippen LogP contribution in [-0.4, -0.2) is 45.6 Å². The molecular formula is C21H24N4O2. The highest BCUT2D eigenvalue weighted by Gasteiger charge is 2.27. The van der Waals surface area contributed by atoms with Crippen LogP contribution in [0.4, 0.5) is 0 Å². The van der Waals surface area contributed by atoms with Gasteiger partial charge in [0.2, 0.25) is 5.91 Å². The quantitative estimate of drug-likeness (QED) is 0.698. The van der Waals surface area contributed by atoms with E-state index < -0.39 is 0 Å². The Balaban J connectivity index is 1.42. The molecule has 3 heterocycles. The average Bonchev–Trinajstić information content (AvgIpc) is 3.16. The fraction of sp³-hybridized carbons (Fsp3) is 0.381. The van der Waals surface area contributed by atoms with Gasteiger partial charge in [0.1, 0.15) is 11.6 Å². The van der Waals surface area contributed by atoms with Crippen molar-refractivity contribution in [2.75, 3.05) is 20.2 Å². The van der Waals surface area contributed by atoms with Gasteiger partial charge in [-0.25, -0.2) is 0 Å². The van der Waals surface area contributed by atoms with Crippen molar-refractivity contribution in [1.82, 2.24) is 19.5 Å². The number of amides is 1. The summed E-state index contributed by atoms with van der Waals surface area (Å²) in [6.45, 7) is 1.53. The maximum Gasteiger partial charge on any atom is 0.222 e. The Morgan fingerprint density at radius 3 is 2.93 bits per heavy atom. The number of nitrogens with zero attached hydrogens (tertiary/aromatic N) is 4. The maximum absolute atomic E-state index is 12.8. The highest BCUT2D eigenvalue weighted by atomic mass is 16.5. The van der Waals surface area contributed by atoms with E-state index in [0.29, 0.717) is 19.4 Å². The Kier molecular flexibility index (Phi) is 5.05. The zero-order valence-electron chi connectivity index (χ0n) is 15.5. The number of piperidine rings is 1. The molecule has 4 rings (SSSR count). The van der Waals surface area contributed by atoms with E-state index in [2.05, 4.69) is 10.2 Å². The molecule has 1 aromatic carbocycles. The van der Waals surface area contributed by atoms with E-state index in [0.717, 1.165) is 42.2 Å². The molecule has 1 unspecified atom stereocenters. The summed E-state index contributed by atoms with van der Waals surface area (Å²) in [4.78, 5) is 14.8. The summed E-state index contributed by atoms with van der Waals surface area (Å²) in [6.07, 6.45) is 5.21. The van der Waals surface area contributed by atoms with Crippen molar-refractivity contribution in [3.63, 3.8) is 0 Å². The Morgan fingerprint density at radius 2 is 2.04 bits per heavy atom. The van der Waals surface area contributed by atoms with Crippen LogP contribution in [0.5, 0.6) is 5.75 Å². The number of aryl methyl sites for hydroxylation is 1. The van der Waals surface area contributed by atoms with Gasteiger partial charge in [-0.3, -0.25) is 9.20 Å². The summed E-state index contributed by atoms with van der Waals surface area (Å²) in [5.74, 6) is 2.22. The third kappa shape index (κ3) is 3.65. The van der Waals surface area contributed by atoms with Crippen LogP contribution >= 0.6 is 0 Å². The monoisotopic (exact) mass is 364 g/mol. The molecule has 1 atom stereocenters. The molecule has 1 aliphatic heterocycles. The number of likely N-dealkylation sites (tertiary alicyclic amines) is 1. The number of carbonyl (C=O) groups is 1. The number of ether oxygens (including phenoxy) is 1. The van der Waals surface area contributed by atoms with E-state index in [4.69, 9.17) is 4.74 Å². The molecular weight excluding hydrogens is 340 g/mol. The van der Waals surface area contributed by atoms with Crippen molar-refractivity contribution in [1.29, 1.82) is 0 Å². The smallest absolute Gasteiger partial charge is 0.222 e. The highest BCUT2D eigenvalue weighted by molar-refractivity contribution is 5.76. The molecule has 1 fully saturated rings. The molecule has 6 nitrogen and oxygen atoms in total. The number of benzene rings is 1. The lowest BCUT2D eigenvalue weighted by Gasteiger charge is -2.32. The van der Waals surface area contributed by atoms with Crippen molar-refractivity contribution >= 4 is 11.6 Å². The number of fused-ring (bicyclic) bond motifs is 1. The minimum Gasteiger partial charge on any atom is -0.496 e. The van der Waals surface area contributed by atoms with E-state index in [9.17, 15) is 4.79 Å². The van der Waals surface area contributed by atoms with Crippen molar-refractivity contribution in [2.24, 2.45) is 0 Å². The minimum atomic E-state index is 0.194. The molecule has 0 saturated carbocycles. The Morgan fingerprint density at radius 1 is 1.19 bits per heavy atom. The van der Waals surface area contributed by atoms with Crippen molar-refractivity contribution in [3.05, 3.63) is 60.0 Å². The largest absolute Gasteiger partial charge is 0.496 e. The van der Waals surface area contributed by atoms with Gasteiger partial charge >= 0.3 is 0 Å². The van der Waals surface area contributed by atoms with Gasteiger partial charge in [0.05, 0.1) is 7.11 Å². The van der Waals surface area contributed by atoms with Crippen LogP contribution < -0.4 is 4.74 Å². The molecule has 0 aliphatic carbocycles. The molecule has 0 bridgehead atoms. The number of pyridine rings is 1. The molecule has 27 heavy (non-hydrogen) atoms. The lowest BCUT2D eigenvalue weighted by Crippen LogP contribution is -2.39. The molecule has 3 aromatic rings. The van der Waals surface area contributed by atoms with Gasteiger partial charge in [-0.1, -0.05) is 24.3 Å². The predicted molar refractivity (Wildman–Crippen MR) is 103 cm³/mol. The summed E-state index contributed by atoms with van der Waals surface area (Å²) in [7, 11) is 1.67. The third-order valence-electron chi connectivity index (χ3n) is 5.28. The number of carbonyl (C=O) groups excluding carboxylic acids is 1. The molecule has 0 N–H and O–H groups in total. The van der Waals surface area contributed by atoms with Gasteiger partial charge in [0, 0.05) is 31.6 Å². The van der Waals surface area contributed by atoms with E-state index in [1.165, 1.54) is 0 Å². The maximum atomic E-state index is 12.8. The number of methoxy groups -OCH3 is 1. The molecule has 1 saturated heterocycles. The summed E-state index contributed by atoms with van der Waals surface area (Å²) < 4.78 is 7.42. The zero-order valence-corrected chi connectivity index (χ0v) is 15.5. The molecule has 1 amide bonds. The summed E-state index contributed by atoms with van der Waals surface area (Å²) in [5, 5.41) is 8.64. The summed E-state index contributed by atoms with van der Waals surface area (Å²) in [6, 6.07) is 13.8. The number of para-hydroxylation sites is 1. The van der Waals surface area contributed by atoms with Gasteiger partial charge in [-0.2, -0.15) is 0 Å². The van der Waals surface area contributed by atoms with Crippen molar-refractivity contribution in [2.45, 2.75) is 31.6 Å². The standard InChI is InChI=1S/C21H24N4O2/c1-27-18-9-3-2-7-16(18)11-12-20(26)24-13-6-8-17(15-24)21-23-22-19-10-4-5-14-25(19)21/h2-5,7,9-10,14,17H,6,8,11-13,15H2,1H3. The number of hydrogen-bond donors (Lipinski definition) is 0. The third-order valence-corrected chi connectivity index (χ3v) is 5.28. The van der Waals surface area contributed by atoms with Crippen LogP contribution in [0.2, 0.25) is 0 Å². The van der Waals surface area contributed by atoms with E-state index in [1.54, 1.807) is 7.11 Å². The van der Waals surface area contributed by atoms with Gasteiger partial charge in [-0.05, 0) is 43.0 Å². The second-order valence-corrected chi connectivity index (χ2v) is 6.98. The van der Waals surface area contributed by atoms with Gasteiger partial charge in [0.25, 0.3) is 0 Å². The van der Waals surface area contributed by atoms with Crippen LogP contribution in [0.25, 0.3) is 5.65 Å². The Labute approximate surface area is 158 Å². The average molecular weight is 364 g/mol. The van der Waals surface area contributed by atoms with Crippen molar-refractivity contribution < 1.29 is 9.53 Å². The van der Waals surface area contributed by atoms with Crippen LogP contribution in [0, 0.1) is 0 Å². The molecule has 140 valence electrons. The van der Waals surface area contributed by atoms with E-state index >= 15 is 0 Å². The van der Waals surface area contributed by atoms with E-state index in [-0.39, 0.29) is 11.8 Å². The topological polar surface area (TPSA) is 59.7 Å². The van der Waals surface area contributed by atoms with Crippen LogP contribution in [-0.2, 0) is 11.2 Å². The fourth-order valence-electron chi connectivity index (χ4n) is 3.86. The lowest BCUT2D eigenvalue weighted by atomic mass is 9.96. The van der Waals surface area contributed by atoms with Crippen LogP contribution in [0.3, 0.4) is 0 Å².